The summed E-state index contributed by atoms with van der Waals surface area (Å²) >= 11 is 7.44. The van der Waals surface area contributed by atoms with E-state index < -0.39 is 0 Å². The van der Waals surface area contributed by atoms with Crippen molar-refractivity contribution in [2.45, 2.75) is 6.42 Å². The van der Waals surface area contributed by atoms with E-state index in [-0.39, 0.29) is 0 Å². The van der Waals surface area contributed by atoms with Crippen LogP contribution in [0.3, 0.4) is 0 Å². The van der Waals surface area contributed by atoms with Crippen LogP contribution in [0.15, 0.2) is 35.3 Å². The first-order valence-corrected chi connectivity index (χ1v) is 7.85. The molecule has 0 aliphatic heterocycles. The van der Waals surface area contributed by atoms with Crippen LogP contribution in [0.4, 0.5) is 5.69 Å². The zero-order chi connectivity index (χ0) is 15.9. The van der Waals surface area contributed by atoms with E-state index >= 15 is 0 Å². The Bertz CT molecular complexity index is 658. The highest BCUT2D eigenvalue weighted by Gasteiger charge is 2.06. The van der Waals surface area contributed by atoms with Gasteiger partial charge < -0.3 is 20.5 Å². The van der Waals surface area contributed by atoms with Gasteiger partial charge in [0.1, 0.15) is 11.5 Å². The number of hydrogen-bond donors (Lipinski definition) is 2. The van der Waals surface area contributed by atoms with Gasteiger partial charge in [-0.25, -0.2) is 0 Å². The minimum Gasteiger partial charge on any atom is -0.497 e. The number of methoxy groups -OCH3 is 2. The summed E-state index contributed by atoms with van der Waals surface area (Å²) in [4.78, 5) is 5.49. The van der Waals surface area contributed by atoms with Crippen molar-refractivity contribution in [3.8, 4) is 11.5 Å². The third kappa shape index (κ3) is 4.54. The van der Waals surface area contributed by atoms with E-state index in [0.717, 1.165) is 10.8 Å². The number of nitrogens with two attached hydrogens (primary N) is 1. The molecule has 1 aromatic carbocycles. The Morgan fingerprint density at radius 3 is 2.73 bits per heavy atom. The van der Waals surface area contributed by atoms with Crippen LogP contribution in [0.5, 0.6) is 11.5 Å². The average molecular weight is 340 g/mol. The predicted octanol–water partition coefficient (Wildman–Crippen LogP) is 3.39. The summed E-state index contributed by atoms with van der Waals surface area (Å²) in [5, 5.41) is 3.03. The lowest BCUT2D eigenvalue weighted by molar-refractivity contribution is 0.405. The average Bonchev–Trinajstić information content (AvgIpc) is 2.92. The van der Waals surface area contributed by atoms with Gasteiger partial charge in [-0.2, -0.15) is 0 Å². The van der Waals surface area contributed by atoms with Crippen molar-refractivity contribution in [1.29, 1.82) is 0 Å². The van der Waals surface area contributed by atoms with Gasteiger partial charge >= 0.3 is 0 Å². The molecule has 0 amide bonds. The standard InChI is InChI=1S/C15H18ClN3O2S/c1-20-10-3-5-13(21-2)12(9-10)19-15(17)18-8-7-11-4-6-14(16)22-11/h3-6,9H,7-8H2,1-2H3,(H3,17,18,19). The largest absolute Gasteiger partial charge is 0.497 e. The molecule has 0 aliphatic rings. The Morgan fingerprint density at radius 1 is 1.27 bits per heavy atom. The predicted molar refractivity (Wildman–Crippen MR) is 92.7 cm³/mol. The second kappa shape index (κ2) is 7.91. The zero-order valence-electron chi connectivity index (χ0n) is 12.4. The van der Waals surface area contributed by atoms with E-state index in [9.17, 15) is 0 Å². The van der Waals surface area contributed by atoms with Gasteiger partial charge in [0, 0.05) is 23.9 Å². The van der Waals surface area contributed by atoms with Gasteiger partial charge in [-0.05, 0) is 24.3 Å². The minimum absolute atomic E-state index is 0.328. The van der Waals surface area contributed by atoms with Gasteiger partial charge in [0.15, 0.2) is 5.96 Å². The van der Waals surface area contributed by atoms with E-state index in [1.165, 1.54) is 4.88 Å². The molecule has 1 aromatic heterocycles. The first kappa shape index (κ1) is 16.5. The SMILES string of the molecule is COc1ccc(OC)c(NC(N)=NCCc2ccc(Cl)s2)c1. The fraction of sp³-hybridized carbons (Fsp3) is 0.267. The number of hydrogen-bond acceptors (Lipinski definition) is 4. The van der Waals surface area contributed by atoms with Crippen molar-refractivity contribution in [2.75, 3.05) is 26.1 Å². The molecule has 0 saturated carbocycles. The smallest absolute Gasteiger partial charge is 0.193 e. The molecule has 0 atom stereocenters. The molecule has 5 nitrogen and oxygen atoms in total. The Balaban J connectivity index is 1.98. The number of benzene rings is 1. The molecule has 0 radical (unpaired) electrons. The van der Waals surface area contributed by atoms with E-state index in [1.54, 1.807) is 31.6 Å². The fourth-order valence-corrected chi connectivity index (χ4v) is 2.94. The van der Waals surface area contributed by atoms with Gasteiger partial charge in [0.25, 0.3) is 0 Å². The molecule has 22 heavy (non-hydrogen) atoms. The number of halogens is 1. The summed E-state index contributed by atoms with van der Waals surface area (Å²) in [6.45, 7) is 0.585. The molecule has 0 bridgehead atoms. The van der Waals surface area contributed by atoms with Crippen LogP contribution >= 0.6 is 22.9 Å². The molecule has 118 valence electrons. The molecule has 0 unspecified atom stereocenters. The number of anilines is 1. The van der Waals surface area contributed by atoms with Crippen molar-refractivity contribution < 1.29 is 9.47 Å². The van der Waals surface area contributed by atoms with Crippen LogP contribution in [0.2, 0.25) is 4.34 Å². The lowest BCUT2D eigenvalue weighted by atomic mass is 10.2. The summed E-state index contributed by atoms with van der Waals surface area (Å²) in [5.41, 5.74) is 6.62. The summed E-state index contributed by atoms with van der Waals surface area (Å²) < 4.78 is 11.3. The Kier molecular flexibility index (Phi) is 5.91. The molecule has 3 N–H and O–H groups in total. The summed E-state index contributed by atoms with van der Waals surface area (Å²) in [7, 11) is 3.20. The van der Waals surface area contributed by atoms with Crippen molar-refractivity contribution in [2.24, 2.45) is 10.7 Å². The highest BCUT2D eigenvalue weighted by atomic mass is 35.5. The van der Waals surface area contributed by atoms with E-state index in [2.05, 4.69) is 10.3 Å². The van der Waals surface area contributed by atoms with E-state index in [4.69, 9.17) is 26.8 Å². The molecule has 2 rings (SSSR count). The molecule has 2 aromatic rings. The zero-order valence-corrected chi connectivity index (χ0v) is 14.0. The molecule has 0 saturated heterocycles. The first-order valence-electron chi connectivity index (χ1n) is 6.65. The van der Waals surface area contributed by atoms with Crippen LogP contribution in [0.1, 0.15) is 4.88 Å². The Morgan fingerprint density at radius 2 is 2.09 bits per heavy atom. The second-order valence-corrected chi connectivity index (χ2v) is 6.21. The number of aliphatic imine (C=N–C) groups is 1. The molecule has 0 spiro atoms. The highest BCUT2D eigenvalue weighted by Crippen LogP contribution is 2.28. The van der Waals surface area contributed by atoms with Crippen molar-refractivity contribution in [1.82, 2.24) is 0 Å². The van der Waals surface area contributed by atoms with Crippen LogP contribution in [-0.2, 0) is 6.42 Å². The molecule has 0 fully saturated rings. The van der Waals surface area contributed by atoms with Crippen LogP contribution in [0.25, 0.3) is 0 Å². The third-order valence-electron chi connectivity index (χ3n) is 2.94. The van der Waals surface area contributed by atoms with Crippen molar-refractivity contribution in [3.05, 3.63) is 39.5 Å². The van der Waals surface area contributed by atoms with Crippen LogP contribution in [-0.4, -0.2) is 26.7 Å². The van der Waals surface area contributed by atoms with E-state index in [1.807, 2.05) is 24.3 Å². The molecule has 0 aliphatic carbocycles. The minimum atomic E-state index is 0.328. The van der Waals surface area contributed by atoms with Gasteiger partial charge in [-0.3, -0.25) is 4.99 Å². The number of nitrogens with one attached hydrogen (secondary N) is 1. The number of nitrogens with zero attached hydrogens (tertiary/aromatic N) is 1. The van der Waals surface area contributed by atoms with E-state index in [0.29, 0.717) is 29.7 Å². The van der Waals surface area contributed by atoms with Crippen LogP contribution in [0, 0.1) is 0 Å². The first-order chi connectivity index (χ1) is 10.6. The maximum atomic E-state index is 5.91. The van der Waals surface area contributed by atoms with Crippen molar-refractivity contribution in [3.63, 3.8) is 0 Å². The van der Waals surface area contributed by atoms with Gasteiger partial charge in [0.05, 0.1) is 24.2 Å². The lowest BCUT2D eigenvalue weighted by Gasteiger charge is -2.12. The number of guanidine groups is 1. The maximum Gasteiger partial charge on any atom is 0.193 e. The monoisotopic (exact) mass is 339 g/mol. The normalized spacial score (nSPS) is 11.3. The van der Waals surface area contributed by atoms with Gasteiger partial charge in [0.2, 0.25) is 0 Å². The fourth-order valence-electron chi connectivity index (χ4n) is 1.86. The quantitative estimate of drug-likeness (QED) is 0.625. The second-order valence-electron chi connectivity index (χ2n) is 4.41. The highest BCUT2D eigenvalue weighted by molar-refractivity contribution is 7.16. The molecular weight excluding hydrogens is 322 g/mol. The topological polar surface area (TPSA) is 68.9 Å². The summed E-state index contributed by atoms with van der Waals surface area (Å²) in [6.07, 6.45) is 0.801. The third-order valence-corrected chi connectivity index (χ3v) is 4.23. The summed E-state index contributed by atoms with van der Waals surface area (Å²) in [6, 6.07) is 9.31. The van der Waals surface area contributed by atoms with Gasteiger partial charge in [-0.1, -0.05) is 11.6 Å². The Hall–Kier alpha value is -1.92. The lowest BCUT2D eigenvalue weighted by Crippen LogP contribution is -2.23. The maximum absolute atomic E-state index is 5.91. The number of ether oxygens (including phenoxy) is 2. The molecule has 7 heteroatoms. The number of rotatable bonds is 6. The molecule has 1 heterocycles. The number of thiophene rings is 1. The summed E-state index contributed by atoms with van der Waals surface area (Å²) in [5.74, 6) is 1.71. The Labute approximate surface area is 138 Å². The van der Waals surface area contributed by atoms with Gasteiger partial charge in [-0.15, -0.1) is 11.3 Å². The van der Waals surface area contributed by atoms with Crippen molar-refractivity contribution >= 4 is 34.6 Å². The van der Waals surface area contributed by atoms with Crippen LogP contribution < -0.4 is 20.5 Å². The molecular formula is C15H18ClN3O2S.